The normalized spacial score (nSPS) is 13.6. The number of thioether (sulfide) groups is 1. The Balaban J connectivity index is 5.10. The molecule has 0 aromatic heterocycles. The number of hydrogen-bond donors (Lipinski definition) is 0. The fourth-order valence-corrected chi connectivity index (χ4v) is 21.3. The molecule has 0 rings (SSSR count). The zero-order valence-corrected chi connectivity index (χ0v) is 23.1. The van der Waals surface area contributed by atoms with Crippen molar-refractivity contribution in [3.05, 3.63) is 0 Å². The van der Waals surface area contributed by atoms with E-state index in [9.17, 15) is 0 Å². The van der Waals surface area contributed by atoms with Crippen LogP contribution in [-0.2, 0) is 8.85 Å². The molecule has 0 aromatic carbocycles. The van der Waals surface area contributed by atoms with Gasteiger partial charge in [-0.2, -0.15) is 11.8 Å². The van der Waals surface area contributed by atoms with Crippen LogP contribution in [0.5, 0.6) is 0 Å². The third-order valence-electron chi connectivity index (χ3n) is 6.99. The minimum Gasteiger partial charge on any atom is -0.397 e. The summed E-state index contributed by atoms with van der Waals surface area (Å²) in [6, 6.07) is 8.50. The highest BCUT2D eigenvalue weighted by molar-refractivity contribution is 8.00. The van der Waals surface area contributed by atoms with Crippen molar-refractivity contribution < 1.29 is 8.85 Å². The summed E-state index contributed by atoms with van der Waals surface area (Å²) in [6.07, 6.45) is 1.31. The standard InChI is InChI=1S/C19H47NO2SSi3/c1-10-25(11-2,12-3)20(26(13-4,14-5)15-6)17-16-18-23-19-24(9,21-7)22-8/h10-19H2,1-9H3. The molecule has 26 heavy (non-hydrogen) atoms. The van der Waals surface area contributed by atoms with Gasteiger partial charge in [-0.1, -0.05) is 41.5 Å². The van der Waals surface area contributed by atoms with Gasteiger partial charge in [-0.05, 0) is 61.5 Å². The van der Waals surface area contributed by atoms with Crippen LogP contribution in [0.15, 0.2) is 0 Å². The third-order valence-corrected chi connectivity index (χ3v) is 25.7. The summed E-state index contributed by atoms with van der Waals surface area (Å²) < 4.78 is 14.5. The van der Waals surface area contributed by atoms with Crippen molar-refractivity contribution >= 4 is 36.8 Å². The molecule has 0 amide bonds. The Morgan fingerprint density at radius 1 is 0.731 bits per heavy atom. The quantitative estimate of drug-likeness (QED) is 0.208. The van der Waals surface area contributed by atoms with Crippen molar-refractivity contribution in [2.75, 3.05) is 31.9 Å². The maximum absolute atomic E-state index is 5.63. The average Bonchev–Trinajstić information content (AvgIpc) is 2.70. The van der Waals surface area contributed by atoms with Gasteiger partial charge in [-0.3, -0.25) is 0 Å². The molecule has 158 valence electrons. The molecule has 0 aliphatic rings. The smallest absolute Gasteiger partial charge is 0.344 e. The van der Waals surface area contributed by atoms with E-state index >= 15 is 0 Å². The number of hydrogen-bond acceptors (Lipinski definition) is 4. The maximum Gasteiger partial charge on any atom is 0.344 e. The van der Waals surface area contributed by atoms with Crippen LogP contribution >= 0.6 is 11.8 Å². The number of rotatable bonds is 16. The SMILES string of the molecule is CC[Si](CC)(CC)N(CCCSC[Si](C)(OC)OC)[Si](CC)(CC)CC. The molecule has 3 nitrogen and oxygen atoms in total. The van der Waals surface area contributed by atoms with Crippen LogP contribution in [-0.4, -0.2) is 61.2 Å². The Labute approximate surface area is 172 Å². The highest BCUT2D eigenvalue weighted by Crippen LogP contribution is 2.36. The molecule has 0 atom stereocenters. The van der Waals surface area contributed by atoms with Gasteiger partial charge in [0.15, 0.2) is 0 Å². The summed E-state index contributed by atoms with van der Waals surface area (Å²) >= 11 is 2.03. The largest absolute Gasteiger partial charge is 0.397 e. The van der Waals surface area contributed by atoms with Crippen LogP contribution in [0.2, 0.25) is 42.8 Å². The van der Waals surface area contributed by atoms with Gasteiger partial charge in [0, 0.05) is 19.6 Å². The Morgan fingerprint density at radius 2 is 1.12 bits per heavy atom. The summed E-state index contributed by atoms with van der Waals surface area (Å²) in [4.78, 5) is 0. The van der Waals surface area contributed by atoms with E-state index in [-0.39, 0.29) is 0 Å². The maximum atomic E-state index is 5.63. The van der Waals surface area contributed by atoms with Gasteiger partial charge in [0.05, 0.1) is 0 Å². The second-order valence-corrected chi connectivity index (χ2v) is 23.4. The average molecular weight is 438 g/mol. The lowest BCUT2D eigenvalue weighted by molar-refractivity contribution is 0.257. The lowest BCUT2D eigenvalue weighted by Crippen LogP contribution is -2.66. The van der Waals surface area contributed by atoms with Crippen LogP contribution in [0.3, 0.4) is 0 Å². The topological polar surface area (TPSA) is 21.7 Å². The molecule has 0 saturated carbocycles. The van der Waals surface area contributed by atoms with E-state index in [4.69, 9.17) is 8.85 Å². The second-order valence-electron chi connectivity index (χ2n) is 7.67. The van der Waals surface area contributed by atoms with E-state index in [0.717, 1.165) is 5.38 Å². The van der Waals surface area contributed by atoms with Crippen LogP contribution in [0.25, 0.3) is 0 Å². The van der Waals surface area contributed by atoms with Crippen molar-refractivity contribution in [2.45, 2.75) is 90.8 Å². The summed E-state index contributed by atoms with van der Waals surface area (Å²) in [5.74, 6) is 1.23. The summed E-state index contributed by atoms with van der Waals surface area (Å²) in [6.45, 7) is 18.3. The molecule has 0 N–H and O–H groups in total. The molecule has 0 aliphatic heterocycles. The molecule has 7 heteroatoms. The van der Waals surface area contributed by atoms with E-state index in [1.54, 1.807) is 14.2 Å². The second kappa shape index (κ2) is 13.2. The predicted octanol–water partition coefficient (Wildman–Crippen LogP) is 6.33. The van der Waals surface area contributed by atoms with E-state index in [0.29, 0.717) is 0 Å². The van der Waals surface area contributed by atoms with Crippen molar-refractivity contribution in [2.24, 2.45) is 0 Å². The molecule has 0 bridgehead atoms. The van der Waals surface area contributed by atoms with Gasteiger partial charge >= 0.3 is 8.56 Å². The minimum atomic E-state index is -1.92. The van der Waals surface area contributed by atoms with Crippen LogP contribution in [0.1, 0.15) is 48.0 Å². The first-order valence-corrected chi connectivity index (χ1v) is 19.6. The Hall–Kier alpha value is 0.881. The van der Waals surface area contributed by atoms with Gasteiger partial charge in [0.2, 0.25) is 0 Å². The van der Waals surface area contributed by atoms with E-state index in [1.165, 1.54) is 55.0 Å². The molecule has 0 heterocycles. The highest BCUT2D eigenvalue weighted by Gasteiger charge is 2.45. The monoisotopic (exact) mass is 437 g/mol. The predicted molar refractivity (Wildman–Crippen MR) is 129 cm³/mol. The van der Waals surface area contributed by atoms with Crippen LogP contribution in [0.4, 0.5) is 0 Å². The molecule has 0 unspecified atom stereocenters. The molecule has 0 saturated heterocycles. The lowest BCUT2D eigenvalue weighted by atomic mass is 10.5. The molecule has 0 aliphatic carbocycles. The molecule has 0 radical (unpaired) electrons. The summed E-state index contributed by atoms with van der Waals surface area (Å²) in [5.41, 5.74) is 0. The minimum absolute atomic E-state index is 1.04. The Morgan fingerprint density at radius 3 is 1.42 bits per heavy atom. The lowest BCUT2D eigenvalue weighted by Gasteiger charge is -2.52. The van der Waals surface area contributed by atoms with E-state index < -0.39 is 25.0 Å². The first-order valence-electron chi connectivity index (χ1n) is 10.8. The highest BCUT2D eigenvalue weighted by atomic mass is 32.2. The van der Waals surface area contributed by atoms with Crippen molar-refractivity contribution in [1.29, 1.82) is 0 Å². The van der Waals surface area contributed by atoms with Crippen LogP contribution in [0, 0.1) is 0 Å². The van der Waals surface area contributed by atoms with E-state index in [1.807, 2.05) is 11.8 Å². The first-order chi connectivity index (χ1) is 12.3. The van der Waals surface area contributed by atoms with Gasteiger partial charge in [-0.15, -0.1) is 0 Å². The van der Waals surface area contributed by atoms with E-state index in [2.05, 4.69) is 52.3 Å². The van der Waals surface area contributed by atoms with Crippen molar-refractivity contribution in [3.8, 4) is 0 Å². The fourth-order valence-electron chi connectivity index (χ4n) is 4.41. The van der Waals surface area contributed by atoms with Gasteiger partial charge in [0.25, 0.3) is 0 Å². The fraction of sp³-hybridized carbons (Fsp3) is 1.00. The molecule has 0 aromatic rings. The first kappa shape index (κ1) is 26.9. The molecule has 0 spiro atoms. The molecular weight excluding hydrogens is 391 g/mol. The molecule has 0 fully saturated rings. The summed E-state index contributed by atoms with van der Waals surface area (Å²) in [7, 11) is -0.950. The zero-order chi connectivity index (χ0) is 20.3. The summed E-state index contributed by atoms with van der Waals surface area (Å²) in [5, 5.41) is 1.04. The van der Waals surface area contributed by atoms with Crippen molar-refractivity contribution in [3.63, 3.8) is 0 Å². The van der Waals surface area contributed by atoms with Gasteiger partial charge in [0.1, 0.15) is 16.5 Å². The van der Waals surface area contributed by atoms with Gasteiger partial charge < -0.3 is 13.1 Å². The third kappa shape index (κ3) is 6.74. The van der Waals surface area contributed by atoms with Gasteiger partial charge in [-0.25, -0.2) is 0 Å². The Bertz CT molecular complexity index is 326. The van der Waals surface area contributed by atoms with Crippen molar-refractivity contribution in [1.82, 2.24) is 4.23 Å². The van der Waals surface area contributed by atoms with Crippen LogP contribution < -0.4 is 0 Å². The Kier molecular flexibility index (Phi) is 13.6. The molecular formula is C19H47NO2SSi3. The number of nitrogens with zero attached hydrogens (tertiary/aromatic N) is 1. The zero-order valence-electron chi connectivity index (χ0n) is 19.2.